The smallest absolute Gasteiger partial charge is 0.240 e. The molecule has 0 aliphatic carbocycles. The first-order chi connectivity index (χ1) is 7.44. The monoisotopic (exact) mass is 248 g/mol. The van der Waals surface area contributed by atoms with Gasteiger partial charge in [-0.25, -0.2) is 0 Å². The molecular formula is C10H20N2O3S. The average molecular weight is 248 g/mol. The van der Waals surface area contributed by atoms with E-state index < -0.39 is 16.3 Å². The third kappa shape index (κ3) is 3.84. The molecule has 1 fully saturated rings. The molecule has 0 aromatic carbocycles. The lowest BCUT2D eigenvalue weighted by atomic mass is 9.90. The molecule has 1 rings (SSSR count). The molecule has 1 aliphatic heterocycles. The SMILES string of the molecule is CC(CS(C)=O)NC(=O)C1(N)CCOCC1. The number of nitrogens with two attached hydrogens (primary N) is 1. The van der Waals surface area contributed by atoms with Gasteiger partial charge in [0.2, 0.25) is 5.91 Å². The number of carbonyl (C=O) groups is 1. The molecule has 2 unspecified atom stereocenters. The second kappa shape index (κ2) is 5.75. The summed E-state index contributed by atoms with van der Waals surface area (Å²) in [5, 5.41) is 2.81. The summed E-state index contributed by atoms with van der Waals surface area (Å²) in [5.41, 5.74) is 5.20. The lowest BCUT2D eigenvalue weighted by Gasteiger charge is -2.32. The zero-order valence-corrected chi connectivity index (χ0v) is 10.6. The number of rotatable bonds is 4. The fraction of sp³-hybridized carbons (Fsp3) is 0.900. The van der Waals surface area contributed by atoms with Crippen molar-refractivity contribution in [1.29, 1.82) is 0 Å². The number of ether oxygens (including phenoxy) is 1. The Labute approximate surface area is 98.6 Å². The van der Waals surface area contributed by atoms with Gasteiger partial charge in [0.1, 0.15) is 0 Å². The van der Waals surface area contributed by atoms with Crippen molar-refractivity contribution in [2.45, 2.75) is 31.3 Å². The molecule has 1 heterocycles. The van der Waals surface area contributed by atoms with Crippen LogP contribution in [-0.4, -0.2) is 46.9 Å². The molecule has 0 radical (unpaired) electrons. The highest BCUT2D eigenvalue weighted by atomic mass is 32.2. The van der Waals surface area contributed by atoms with Crippen molar-refractivity contribution in [3.05, 3.63) is 0 Å². The van der Waals surface area contributed by atoms with Crippen LogP contribution in [0.2, 0.25) is 0 Å². The van der Waals surface area contributed by atoms with Crippen LogP contribution in [0.3, 0.4) is 0 Å². The Morgan fingerprint density at radius 2 is 2.12 bits per heavy atom. The minimum atomic E-state index is -0.911. The summed E-state index contributed by atoms with van der Waals surface area (Å²) in [5.74, 6) is 0.298. The summed E-state index contributed by atoms with van der Waals surface area (Å²) in [4.78, 5) is 11.9. The van der Waals surface area contributed by atoms with Crippen molar-refractivity contribution < 1.29 is 13.7 Å². The maximum absolute atomic E-state index is 11.9. The van der Waals surface area contributed by atoms with Crippen LogP contribution in [0.5, 0.6) is 0 Å². The molecule has 94 valence electrons. The van der Waals surface area contributed by atoms with Crippen LogP contribution in [0.15, 0.2) is 0 Å². The summed E-state index contributed by atoms with van der Waals surface area (Å²) < 4.78 is 16.2. The van der Waals surface area contributed by atoms with Gasteiger partial charge in [0.15, 0.2) is 0 Å². The summed E-state index contributed by atoms with van der Waals surface area (Å²) in [6.07, 6.45) is 2.71. The zero-order chi connectivity index (χ0) is 12.2. The quantitative estimate of drug-likeness (QED) is 0.694. The molecule has 2 atom stereocenters. The normalized spacial score (nSPS) is 23.4. The minimum absolute atomic E-state index is 0.110. The van der Waals surface area contributed by atoms with Gasteiger partial charge in [-0.3, -0.25) is 9.00 Å². The van der Waals surface area contributed by atoms with Crippen LogP contribution in [0.25, 0.3) is 0 Å². The number of hydrogen-bond donors (Lipinski definition) is 2. The van der Waals surface area contributed by atoms with Gasteiger partial charge < -0.3 is 15.8 Å². The molecular weight excluding hydrogens is 228 g/mol. The zero-order valence-electron chi connectivity index (χ0n) is 9.82. The second-order valence-corrected chi connectivity index (χ2v) is 5.86. The average Bonchev–Trinajstić information content (AvgIpc) is 2.17. The summed E-state index contributed by atoms with van der Waals surface area (Å²) in [6.45, 7) is 2.89. The van der Waals surface area contributed by atoms with E-state index in [9.17, 15) is 9.00 Å². The topological polar surface area (TPSA) is 81.4 Å². The molecule has 0 aromatic rings. The van der Waals surface area contributed by atoms with Crippen LogP contribution in [0.4, 0.5) is 0 Å². The first-order valence-electron chi connectivity index (χ1n) is 5.42. The van der Waals surface area contributed by atoms with Crippen LogP contribution in [0, 0.1) is 0 Å². The van der Waals surface area contributed by atoms with E-state index in [-0.39, 0.29) is 11.9 Å². The van der Waals surface area contributed by atoms with Gasteiger partial charge in [0, 0.05) is 42.1 Å². The predicted molar refractivity (Wildman–Crippen MR) is 63.5 cm³/mol. The summed E-state index contributed by atoms with van der Waals surface area (Å²) in [7, 11) is -0.911. The lowest BCUT2D eigenvalue weighted by Crippen LogP contribution is -2.58. The third-order valence-corrected chi connectivity index (χ3v) is 3.67. The number of carbonyl (C=O) groups excluding carboxylic acids is 1. The number of nitrogens with one attached hydrogen (secondary N) is 1. The van der Waals surface area contributed by atoms with E-state index in [1.807, 2.05) is 6.92 Å². The highest BCUT2D eigenvalue weighted by Crippen LogP contribution is 2.17. The van der Waals surface area contributed by atoms with Crippen molar-refractivity contribution in [2.24, 2.45) is 5.73 Å². The Kier molecular flexibility index (Phi) is 4.89. The molecule has 0 saturated carbocycles. The minimum Gasteiger partial charge on any atom is -0.381 e. The molecule has 16 heavy (non-hydrogen) atoms. The van der Waals surface area contributed by atoms with Gasteiger partial charge in [-0.05, 0) is 19.8 Å². The van der Waals surface area contributed by atoms with Gasteiger partial charge in [-0.1, -0.05) is 0 Å². The van der Waals surface area contributed by atoms with Crippen molar-refractivity contribution in [3.8, 4) is 0 Å². The Bertz CT molecular complexity index is 277. The summed E-state index contributed by atoms with van der Waals surface area (Å²) >= 11 is 0. The van der Waals surface area contributed by atoms with Crippen molar-refractivity contribution in [1.82, 2.24) is 5.32 Å². The molecule has 6 heteroatoms. The van der Waals surface area contributed by atoms with Gasteiger partial charge in [-0.15, -0.1) is 0 Å². The second-order valence-electron chi connectivity index (χ2n) is 4.38. The predicted octanol–water partition coefficient (Wildman–Crippen LogP) is -0.622. The molecule has 0 spiro atoms. The van der Waals surface area contributed by atoms with Gasteiger partial charge in [-0.2, -0.15) is 0 Å². The maximum atomic E-state index is 11.9. The molecule has 3 N–H and O–H groups in total. The number of amides is 1. The summed E-state index contributed by atoms with van der Waals surface area (Å²) in [6, 6.07) is -0.110. The van der Waals surface area contributed by atoms with Crippen molar-refractivity contribution in [3.63, 3.8) is 0 Å². The standard InChI is InChI=1S/C10H20N2O3S/c1-8(7-16(2)14)12-9(13)10(11)3-5-15-6-4-10/h8H,3-7,11H2,1-2H3,(H,12,13). The van der Waals surface area contributed by atoms with E-state index in [1.54, 1.807) is 6.26 Å². The van der Waals surface area contributed by atoms with E-state index in [0.29, 0.717) is 31.8 Å². The Morgan fingerprint density at radius 3 is 2.62 bits per heavy atom. The number of hydrogen-bond acceptors (Lipinski definition) is 4. The Morgan fingerprint density at radius 1 is 1.56 bits per heavy atom. The molecule has 1 saturated heterocycles. The van der Waals surface area contributed by atoms with Gasteiger partial charge >= 0.3 is 0 Å². The van der Waals surface area contributed by atoms with E-state index in [1.165, 1.54) is 0 Å². The molecule has 5 nitrogen and oxygen atoms in total. The van der Waals surface area contributed by atoms with Crippen LogP contribution in [0.1, 0.15) is 19.8 Å². The Balaban J connectivity index is 2.47. The molecule has 0 aromatic heterocycles. The van der Waals surface area contributed by atoms with E-state index in [4.69, 9.17) is 10.5 Å². The van der Waals surface area contributed by atoms with E-state index in [0.717, 1.165) is 0 Å². The molecule has 1 aliphatic rings. The Hall–Kier alpha value is -0.460. The fourth-order valence-electron chi connectivity index (χ4n) is 1.72. The fourth-order valence-corrected chi connectivity index (χ4v) is 2.51. The highest BCUT2D eigenvalue weighted by Gasteiger charge is 2.36. The van der Waals surface area contributed by atoms with Gasteiger partial charge in [0.05, 0.1) is 5.54 Å². The van der Waals surface area contributed by atoms with Crippen molar-refractivity contribution >= 4 is 16.7 Å². The maximum Gasteiger partial charge on any atom is 0.240 e. The largest absolute Gasteiger partial charge is 0.381 e. The van der Waals surface area contributed by atoms with E-state index >= 15 is 0 Å². The third-order valence-electron chi connectivity index (χ3n) is 2.70. The lowest BCUT2D eigenvalue weighted by molar-refractivity contribution is -0.130. The van der Waals surface area contributed by atoms with Crippen LogP contribution < -0.4 is 11.1 Å². The van der Waals surface area contributed by atoms with Crippen molar-refractivity contribution in [2.75, 3.05) is 25.2 Å². The van der Waals surface area contributed by atoms with E-state index in [2.05, 4.69) is 5.32 Å². The first-order valence-corrected chi connectivity index (χ1v) is 7.14. The van der Waals surface area contributed by atoms with Crippen LogP contribution in [-0.2, 0) is 20.3 Å². The highest BCUT2D eigenvalue weighted by molar-refractivity contribution is 7.84. The van der Waals surface area contributed by atoms with Gasteiger partial charge in [0.25, 0.3) is 0 Å². The first kappa shape index (κ1) is 13.6. The molecule has 0 bridgehead atoms. The van der Waals surface area contributed by atoms with Crippen LogP contribution >= 0.6 is 0 Å². The molecule has 1 amide bonds.